The van der Waals surface area contributed by atoms with Gasteiger partial charge in [-0.3, -0.25) is 4.98 Å². The number of hydrogen-bond donors (Lipinski definition) is 1. The molecule has 0 aliphatic carbocycles. The van der Waals surface area contributed by atoms with Crippen LogP contribution < -0.4 is 10.5 Å². The fourth-order valence-electron chi connectivity index (χ4n) is 2.41. The van der Waals surface area contributed by atoms with Crippen LogP contribution in [0.15, 0.2) is 18.7 Å². The average Bonchev–Trinajstić information content (AvgIpc) is 2.89. The van der Waals surface area contributed by atoms with E-state index in [4.69, 9.17) is 10.5 Å². The maximum Gasteiger partial charge on any atom is 0.128 e. The lowest BCUT2D eigenvalue weighted by atomic mass is 10.1. The van der Waals surface area contributed by atoms with Crippen molar-refractivity contribution in [2.75, 3.05) is 7.11 Å². The van der Waals surface area contributed by atoms with Crippen molar-refractivity contribution in [2.24, 2.45) is 5.73 Å². The molecule has 0 spiro atoms. The molecular formula is C16H24N4O. The first kappa shape index (κ1) is 15.5. The summed E-state index contributed by atoms with van der Waals surface area (Å²) in [6, 6.07) is 0.174. The zero-order valence-electron chi connectivity index (χ0n) is 13.3. The molecule has 0 saturated carbocycles. The Balaban J connectivity index is 2.15. The lowest BCUT2D eigenvalue weighted by Gasteiger charge is -2.12. The normalized spacial score (nSPS) is 12.4. The summed E-state index contributed by atoms with van der Waals surface area (Å²) in [5.74, 6) is 0.911. The Hall–Kier alpha value is -1.88. The fourth-order valence-corrected chi connectivity index (χ4v) is 2.41. The molecule has 0 saturated heterocycles. The van der Waals surface area contributed by atoms with E-state index in [9.17, 15) is 0 Å². The number of methoxy groups -OCH3 is 1. The van der Waals surface area contributed by atoms with Gasteiger partial charge in [-0.2, -0.15) is 0 Å². The third-order valence-corrected chi connectivity index (χ3v) is 3.76. The van der Waals surface area contributed by atoms with Gasteiger partial charge in [0.1, 0.15) is 5.75 Å². The summed E-state index contributed by atoms with van der Waals surface area (Å²) in [6.07, 6.45) is 7.51. The van der Waals surface area contributed by atoms with Crippen molar-refractivity contribution in [3.8, 4) is 5.75 Å². The molecule has 2 N–H and O–H groups in total. The van der Waals surface area contributed by atoms with Crippen LogP contribution in [0, 0.1) is 13.8 Å². The van der Waals surface area contributed by atoms with Gasteiger partial charge < -0.3 is 15.0 Å². The number of hydrogen-bond acceptors (Lipinski definition) is 4. The van der Waals surface area contributed by atoms with Gasteiger partial charge >= 0.3 is 0 Å². The van der Waals surface area contributed by atoms with Crippen LogP contribution in [0.25, 0.3) is 0 Å². The predicted molar refractivity (Wildman–Crippen MR) is 83.6 cm³/mol. The molecule has 114 valence electrons. The Morgan fingerprint density at radius 3 is 2.76 bits per heavy atom. The molecule has 0 aliphatic heterocycles. The maximum absolute atomic E-state index is 5.97. The van der Waals surface area contributed by atoms with Crippen molar-refractivity contribution in [3.05, 3.63) is 41.2 Å². The van der Waals surface area contributed by atoms with Gasteiger partial charge in [-0.15, -0.1) is 0 Å². The minimum Gasteiger partial charge on any atom is -0.496 e. The molecule has 21 heavy (non-hydrogen) atoms. The summed E-state index contributed by atoms with van der Waals surface area (Å²) < 4.78 is 7.49. The Morgan fingerprint density at radius 1 is 1.33 bits per heavy atom. The van der Waals surface area contributed by atoms with E-state index in [0.29, 0.717) is 6.54 Å². The SMILES string of the molecule is CCC(N)Cc1cn(Cc2ncc(C)c(OC)c2C)cn1. The fraction of sp³-hybridized carbons (Fsp3) is 0.500. The van der Waals surface area contributed by atoms with Crippen LogP contribution in [0.4, 0.5) is 0 Å². The second kappa shape index (κ2) is 6.72. The topological polar surface area (TPSA) is 66.0 Å². The second-order valence-electron chi connectivity index (χ2n) is 5.46. The van der Waals surface area contributed by atoms with Gasteiger partial charge in [0, 0.05) is 36.0 Å². The Bertz CT molecular complexity index is 606. The minimum absolute atomic E-state index is 0.174. The Kier molecular flexibility index (Phi) is 4.96. The molecule has 5 heteroatoms. The van der Waals surface area contributed by atoms with Gasteiger partial charge in [0.15, 0.2) is 0 Å². The molecular weight excluding hydrogens is 264 g/mol. The second-order valence-corrected chi connectivity index (χ2v) is 5.46. The van der Waals surface area contributed by atoms with Crippen molar-refractivity contribution < 1.29 is 4.74 Å². The van der Waals surface area contributed by atoms with E-state index in [-0.39, 0.29) is 6.04 Å². The summed E-state index contributed by atoms with van der Waals surface area (Å²) in [5, 5.41) is 0. The number of rotatable bonds is 6. The van der Waals surface area contributed by atoms with Gasteiger partial charge in [-0.05, 0) is 20.3 Å². The summed E-state index contributed by atoms with van der Waals surface area (Å²) >= 11 is 0. The van der Waals surface area contributed by atoms with Crippen LogP contribution in [0.1, 0.15) is 35.9 Å². The molecule has 1 atom stereocenters. The lowest BCUT2D eigenvalue weighted by Crippen LogP contribution is -2.21. The number of imidazole rings is 1. The summed E-state index contributed by atoms with van der Waals surface area (Å²) in [5.41, 5.74) is 10.1. The smallest absolute Gasteiger partial charge is 0.128 e. The molecule has 0 fully saturated rings. The number of nitrogens with zero attached hydrogens (tertiary/aromatic N) is 3. The van der Waals surface area contributed by atoms with Gasteiger partial charge in [0.25, 0.3) is 0 Å². The van der Waals surface area contributed by atoms with Crippen LogP contribution in [-0.4, -0.2) is 27.7 Å². The van der Waals surface area contributed by atoms with Gasteiger partial charge in [-0.1, -0.05) is 6.92 Å². The van der Waals surface area contributed by atoms with E-state index < -0.39 is 0 Å². The summed E-state index contributed by atoms with van der Waals surface area (Å²) in [7, 11) is 1.70. The minimum atomic E-state index is 0.174. The number of pyridine rings is 1. The standard InChI is InChI=1S/C16H24N4O/c1-5-13(17)6-14-8-20(10-19-14)9-15-12(3)16(21-4)11(2)7-18-15/h7-8,10,13H,5-6,9,17H2,1-4H3. The van der Waals surface area contributed by atoms with Gasteiger partial charge in [0.2, 0.25) is 0 Å². The monoisotopic (exact) mass is 288 g/mol. The van der Waals surface area contributed by atoms with Crippen molar-refractivity contribution >= 4 is 0 Å². The van der Waals surface area contributed by atoms with E-state index in [1.807, 2.05) is 37.1 Å². The first-order valence-corrected chi connectivity index (χ1v) is 7.30. The first-order chi connectivity index (χ1) is 10.0. The molecule has 0 bridgehead atoms. The molecule has 5 nitrogen and oxygen atoms in total. The van der Waals surface area contributed by atoms with Gasteiger partial charge in [-0.25, -0.2) is 4.98 Å². The summed E-state index contributed by atoms with van der Waals surface area (Å²) in [4.78, 5) is 8.93. The lowest BCUT2D eigenvalue weighted by molar-refractivity contribution is 0.406. The summed E-state index contributed by atoms with van der Waals surface area (Å²) in [6.45, 7) is 6.83. The molecule has 1 unspecified atom stereocenters. The van der Waals surface area contributed by atoms with Crippen LogP contribution in [0.2, 0.25) is 0 Å². The Morgan fingerprint density at radius 2 is 2.10 bits per heavy atom. The van der Waals surface area contributed by atoms with Gasteiger partial charge in [0.05, 0.1) is 31.4 Å². The predicted octanol–water partition coefficient (Wildman–Crippen LogP) is 2.23. The molecule has 0 aromatic carbocycles. The molecule has 2 rings (SSSR count). The molecule has 2 aromatic rings. The molecule has 0 aliphatic rings. The zero-order valence-corrected chi connectivity index (χ0v) is 13.3. The van der Waals surface area contributed by atoms with Crippen molar-refractivity contribution in [3.63, 3.8) is 0 Å². The van der Waals surface area contributed by atoms with E-state index in [0.717, 1.165) is 41.1 Å². The quantitative estimate of drug-likeness (QED) is 0.885. The third-order valence-electron chi connectivity index (χ3n) is 3.76. The largest absolute Gasteiger partial charge is 0.496 e. The van der Waals surface area contributed by atoms with E-state index in [1.54, 1.807) is 7.11 Å². The number of aryl methyl sites for hydroxylation is 1. The number of ether oxygens (including phenoxy) is 1. The number of nitrogens with two attached hydrogens (primary N) is 1. The molecule has 2 heterocycles. The third kappa shape index (κ3) is 3.61. The molecule has 0 amide bonds. The highest BCUT2D eigenvalue weighted by Crippen LogP contribution is 2.24. The van der Waals surface area contributed by atoms with Crippen LogP contribution in [0.3, 0.4) is 0 Å². The van der Waals surface area contributed by atoms with Crippen LogP contribution >= 0.6 is 0 Å². The maximum atomic E-state index is 5.97. The van der Waals surface area contributed by atoms with Crippen molar-refractivity contribution in [1.82, 2.24) is 14.5 Å². The van der Waals surface area contributed by atoms with Crippen LogP contribution in [0.5, 0.6) is 5.75 Å². The zero-order chi connectivity index (χ0) is 15.4. The number of aromatic nitrogens is 3. The highest BCUT2D eigenvalue weighted by molar-refractivity contribution is 5.41. The average molecular weight is 288 g/mol. The van der Waals surface area contributed by atoms with E-state index >= 15 is 0 Å². The molecule has 0 radical (unpaired) electrons. The van der Waals surface area contributed by atoms with Crippen molar-refractivity contribution in [1.29, 1.82) is 0 Å². The van der Waals surface area contributed by atoms with E-state index in [1.165, 1.54) is 0 Å². The van der Waals surface area contributed by atoms with E-state index in [2.05, 4.69) is 16.9 Å². The van der Waals surface area contributed by atoms with Crippen molar-refractivity contribution in [2.45, 2.75) is 46.2 Å². The van der Waals surface area contributed by atoms with Crippen LogP contribution in [-0.2, 0) is 13.0 Å². The highest BCUT2D eigenvalue weighted by atomic mass is 16.5. The Labute approximate surface area is 126 Å². The first-order valence-electron chi connectivity index (χ1n) is 7.30. The molecule has 2 aromatic heterocycles. The highest BCUT2D eigenvalue weighted by Gasteiger charge is 2.11.